The summed E-state index contributed by atoms with van der Waals surface area (Å²) in [6.45, 7) is 2.71. The first-order valence-corrected chi connectivity index (χ1v) is 11.0. The fraction of sp³-hybridized carbons (Fsp3) is 0.125. The summed E-state index contributed by atoms with van der Waals surface area (Å²) >= 11 is 1.40. The number of hydrogen-bond acceptors (Lipinski definition) is 7. The maximum atomic E-state index is 11.3. The molecule has 9 heteroatoms. The Kier molecular flexibility index (Phi) is 6.80. The molecule has 0 amide bonds. The zero-order chi connectivity index (χ0) is 23.2. The smallest absolute Gasteiger partial charge is 0.270 e. The maximum absolute atomic E-state index is 11.3. The third-order valence-electron chi connectivity index (χ3n) is 4.90. The Hall–Kier alpha value is -3.98. The molecule has 4 aromatic rings. The van der Waals surface area contributed by atoms with E-state index in [1.165, 1.54) is 23.9 Å². The SMILES string of the molecule is CCn1c(Sc2ccc([N+](=O)[O-])cc2C=Nc2ccc(OC)cc2)nnc1-c1ccccc1. The maximum Gasteiger partial charge on any atom is 0.270 e. The Morgan fingerprint density at radius 1 is 1.09 bits per heavy atom. The second-order valence-corrected chi connectivity index (χ2v) is 7.96. The molecule has 0 saturated carbocycles. The second kappa shape index (κ2) is 10.1. The molecule has 0 fully saturated rings. The second-order valence-electron chi connectivity index (χ2n) is 6.95. The van der Waals surface area contributed by atoms with Gasteiger partial charge in [-0.05, 0) is 49.0 Å². The molecule has 1 heterocycles. The normalized spacial score (nSPS) is 11.1. The minimum atomic E-state index is -0.415. The van der Waals surface area contributed by atoms with Crippen molar-refractivity contribution in [1.82, 2.24) is 14.8 Å². The van der Waals surface area contributed by atoms with Gasteiger partial charge in [-0.1, -0.05) is 30.3 Å². The Bertz CT molecular complexity index is 1290. The van der Waals surface area contributed by atoms with E-state index < -0.39 is 4.92 Å². The van der Waals surface area contributed by atoms with Crippen molar-refractivity contribution in [3.63, 3.8) is 0 Å². The zero-order valence-electron chi connectivity index (χ0n) is 18.1. The number of nitro groups is 1. The highest BCUT2D eigenvalue weighted by atomic mass is 32.2. The van der Waals surface area contributed by atoms with Gasteiger partial charge in [0.15, 0.2) is 11.0 Å². The first-order chi connectivity index (χ1) is 16.1. The topological polar surface area (TPSA) is 95.4 Å². The van der Waals surface area contributed by atoms with Crippen molar-refractivity contribution in [3.8, 4) is 17.1 Å². The largest absolute Gasteiger partial charge is 0.497 e. The minimum Gasteiger partial charge on any atom is -0.497 e. The van der Waals surface area contributed by atoms with E-state index in [9.17, 15) is 10.1 Å². The van der Waals surface area contributed by atoms with Crippen LogP contribution in [0.3, 0.4) is 0 Å². The summed E-state index contributed by atoms with van der Waals surface area (Å²) in [5.41, 5.74) is 2.31. The van der Waals surface area contributed by atoms with Gasteiger partial charge >= 0.3 is 0 Å². The van der Waals surface area contributed by atoms with Crippen molar-refractivity contribution < 1.29 is 9.66 Å². The molecule has 4 rings (SSSR count). The van der Waals surface area contributed by atoms with E-state index in [1.54, 1.807) is 19.4 Å². The van der Waals surface area contributed by atoms with Gasteiger partial charge in [0, 0.05) is 40.9 Å². The van der Waals surface area contributed by atoms with Crippen LogP contribution in [-0.4, -0.2) is 33.0 Å². The molecule has 33 heavy (non-hydrogen) atoms. The fourth-order valence-corrected chi connectivity index (χ4v) is 4.17. The van der Waals surface area contributed by atoms with E-state index in [4.69, 9.17) is 4.74 Å². The standard InChI is InChI=1S/C24H21N5O3S/c1-3-28-23(17-7-5-4-6-8-17)26-27-24(28)33-22-14-11-20(29(30)31)15-18(22)16-25-19-9-12-21(32-2)13-10-19/h4-16H,3H2,1-2H3. The third kappa shape index (κ3) is 5.09. The molecule has 1 aromatic heterocycles. The highest BCUT2D eigenvalue weighted by molar-refractivity contribution is 7.99. The summed E-state index contributed by atoms with van der Waals surface area (Å²) in [5, 5.41) is 20.8. The molecule has 0 radical (unpaired) electrons. The highest BCUT2D eigenvalue weighted by Crippen LogP contribution is 2.33. The molecule has 166 valence electrons. The first-order valence-electron chi connectivity index (χ1n) is 10.2. The number of rotatable bonds is 8. The van der Waals surface area contributed by atoms with Crippen LogP contribution in [0.25, 0.3) is 11.4 Å². The summed E-state index contributed by atoms with van der Waals surface area (Å²) in [6, 6.07) is 21.8. The summed E-state index contributed by atoms with van der Waals surface area (Å²) < 4.78 is 7.19. The van der Waals surface area contributed by atoms with Gasteiger partial charge in [-0.15, -0.1) is 10.2 Å². The van der Waals surface area contributed by atoms with E-state index in [-0.39, 0.29) is 5.69 Å². The van der Waals surface area contributed by atoms with E-state index in [1.807, 2.05) is 66.1 Å². The molecule has 0 N–H and O–H groups in total. The molecule has 0 aliphatic carbocycles. The van der Waals surface area contributed by atoms with Gasteiger partial charge in [0.1, 0.15) is 5.75 Å². The van der Waals surface area contributed by atoms with Gasteiger partial charge in [0.05, 0.1) is 17.7 Å². The molecule has 0 saturated heterocycles. The number of nitro benzene ring substituents is 1. The van der Waals surface area contributed by atoms with Crippen LogP contribution in [0.5, 0.6) is 5.75 Å². The van der Waals surface area contributed by atoms with Crippen molar-refractivity contribution in [2.45, 2.75) is 23.5 Å². The Morgan fingerprint density at radius 2 is 1.85 bits per heavy atom. The van der Waals surface area contributed by atoms with Crippen molar-refractivity contribution in [1.29, 1.82) is 0 Å². The van der Waals surface area contributed by atoms with Crippen molar-refractivity contribution in [2.24, 2.45) is 4.99 Å². The number of ether oxygens (including phenoxy) is 1. The van der Waals surface area contributed by atoms with Crippen LogP contribution in [0.15, 0.2) is 87.8 Å². The quantitative estimate of drug-likeness (QED) is 0.188. The number of methoxy groups -OCH3 is 1. The van der Waals surface area contributed by atoms with Crippen LogP contribution in [-0.2, 0) is 6.54 Å². The van der Waals surface area contributed by atoms with Crippen LogP contribution in [0.1, 0.15) is 12.5 Å². The Balaban J connectivity index is 1.68. The minimum absolute atomic E-state index is 0.00235. The molecule has 0 atom stereocenters. The first kappa shape index (κ1) is 22.2. The molecular formula is C24H21N5O3S. The average molecular weight is 460 g/mol. The Morgan fingerprint density at radius 3 is 2.52 bits per heavy atom. The van der Waals surface area contributed by atoms with E-state index in [0.717, 1.165) is 22.0 Å². The predicted octanol–water partition coefficient (Wildman–Crippen LogP) is 5.78. The molecule has 0 bridgehead atoms. The van der Waals surface area contributed by atoms with Gasteiger partial charge < -0.3 is 9.30 Å². The lowest BCUT2D eigenvalue weighted by atomic mass is 10.2. The van der Waals surface area contributed by atoms with E-state index >= 15 is 0 Å². The third-order valence-corrected chi connectivity index (χ3v) is 5.97. The van der Waals surface area contributed by atoms with Gasteiger partial charge in [-0.3, -0.25) is 15.1 Å². The lowest BCUT2D eigenvalue weighted by Crippen LogP contribution is -2.00. The Labute approximate surface area is 195 Å². The number of non-ortho nitro benzene ring substituents is 1. The summed E-state index contributed by atoms with van der Waals surface area (Å²) in [4.78, 5) is 16.2. The molecular weight excluding hydrogens is 438 g/mol. The molecule has 0 aliphatic heterocycles. The zero-order valence-corrected chi connectivity index (χ0v) is 18.9. The number of benzene rings is 3. The van der Waals surface area contributed by atoms with Crippen molar-refractivity contribution >= 4 is 29.4 Å². The van der Waals surface area contributed by atoms with Gasteiger partial charge in [0.2, 0.25) is 0 Å². The van der Waals surface area contributed by atoms with Gasteiger partial charge in [-0.2, -0.15) is 0 Å². The molecule has 3 aromatic carbocycles. The van der Waals surface area contributed by atoms with Gasteiger partial charge in [0.25, 0.3) is 5.69 Å². The van der Waals surface area contributed by atoms with Crippen LogP contribution < -0.4 is 4.74 Å². The van der Waals surface area contributed by atoms with Crippen LogP contribution in [0.4, 0.5) is 11.4 Å². The molecule has 0 unspecified atom stereocenters. The number of hydrogen-bond donors (Lipinski definition) is 0. The van der Waals surface area contributed by atoms with Gasteiger partial charge in [-0.25, -0.2) is 0 Å². The lowest BCUT2D eigenvalue weighted by Gasteiger charge is -2.09. The monoisotopic (exact) mass is 459 g/mol. The van der Waals surface area contributed by atoms with E-state index in [2.05, 4.69) is 15.2 Å². The highest BCUT2D eigenvalue weighted by Gasteiger charge is 2.17. The average Bonchev–Trinajstić information content (AvgIpc) is 3.26. The molecule has 8 nitrogen and oxygen atoms in total. The lowest BCUT2D eigenvalue weighted by molar-refractivity contribution is -0.384. The number of aliphatic imine (C=N–C) groups is 1. The summed E-state index contributed by atoms with van der Waals surface area (Å²) in [5.74, 6) is 1.50. The van der Waals surface area contributed by atoms with Crippen molar-refractivity contribution in [3.05, 3.63) is 88.5 Å². The summed E-state index contributed by atoms with van der Waals surface area (Å²) in [6.07, 6.45) is 1.63. The number of aromatic nitrogens is 3. The number of nitrogens with zero attached hydrogens (tertiary/aromatic N) is 5. The van der Waals surface area contributed by atoms with E-state index in [0.29, 0.717) is 23.0 Å². The predicted molar refractivity (Wildman–Crippen MR) is 129 cm³/mol. The van der Waals surface area contributed by atoms with Crippen LogP contribution in [0, 0.1) is 10.1 Å². The van der Waals surface area contributed by atoms with Crippen LogP contribution >= 0.6 is 11.8 Å². The fourth-order valence-electron chi connectivity index (χ4n) is 3.20. The molecule has 0 aliphatic rings. The van der Waals surface area contributed by atoms with Crippen molar-refractivity contribution in [2.75, 3.05) is 7.11 Å². The molecule has 0 spiro atoms. The van der Waals surface area contributed by atoms with Crippen LogP contribution in [0.2, 0.25) is 0 Å². The summed E-state index contributed by atoms with van der Waals surface area (Å²) in [7, 11) is 1.60.